The molecule has 1 atom stereocenters. The van der Waals surface area contributed by atoms with Crippen LogP contribution in [0.4, 0.5) is 0 Å². The Morgan fingerprint density at radius 2 is 2.04 bits per heavy atom. The standard InChI is InChI=1S/C18H20N4O.2ClH/c1-3-16(15-4-2-7-20-17(15)5-1)18-21-8-11-22(18)10-6-14-13-23-12-9-19-14;;/h1-5,7-8,11,14,19H,6,9-10,12-13H2;2*1H. The van der Waals surface area contributed by atoms with Crippen molar-refractivity contribution in [2.75, 3.05) is 19.8 Å². The summed E-state index contributed by atoms with van der Waals surface area (Å²) >= 11 is 0. The number of pyridine rings is 1. The number of rotatable bonds is 4. The van der Waals surface area contributed by atoms with E-state index in [1.165, 1.54) is 0 Å². The van der Waals surface area contributed by atoms with Crippen LogP contribution >= 0.6 is 24.8 Å². The van der Waals surface area contributed by atoms with Gasteiger partial charge in [-0.15, -0.1) is 24.8 Å². The summed E-state index contributed by atoms with van der Waals surface area (Å²) in [5.74, 6) is 1.00. The minimum Gasteiger partial charge on any atom is -0.379 e. The van der Waals surface area contributed by atoms with E-state index in [2.05, 4.69) is 32.0 Å². The number of imidazole rings is 1. The van der Waals surface area contributed by atoms with E-state index < -0.39 is 0 Å². The van der Waals surface area contributed by atoms with Gasteiger partial charge in [0.25, 0.3) is 0 Å². The average molecular weight is 381 g/mol. The van der Waals surface area contributed by atoms with Crippen molar-refractivity contribution in [3.63, 3.8) is 0 Å². The summed E-state index contributed by atoms with van der Waals surface area (Å²) in [5, 5.41) is 4.64. The molecule has 5 nitrogen and oxygen atoms in total. The molecule has 1 aliphatic heterocycles. The van der Waals surface area contributed by atoms with Crippen molar-refractivity contribution in [2.24, 2.45) is 0 Å². The fraction of sp³-hybridized carbons (Fsp3) is 0.333. The lowest BCUT2D eigenvalue weighted by molar-refractivity contribution is 0.0728. The molecule has 1 saturated heterocycles. The van der Waals surface area contributed by atoms with Gasteiger partial charge in [0.2, 0.25) is 0 Å². The van der Waals surface area contributed by atoms with E-state index in [1.54, 1.807) is 0 Å². The molecule has 1 aliphatic rings. The smallest absolute Gasteiger partial charge is 0.140 e. The fourth-order valence-electron chi connectivity index (χ4n) is 3.13. The number of hydrogen-bond acceptors (Lipinski definition) is 4. The van der Waals surface area contributed by atoms with Gasteiger partial charge in [0.15, 0.2) is 0 Å². The topological polar surface area (TPSA) is 52.0 Å². The predicted molar refractivity (Wildman–Crippen MR) is 105 cm³/mol. The molecule has 2 aromatic heterocycles. The van der Waals surface area contributed by atoms with Gasteiger partial charge in [0.1, 0.15) is 5.82 Å². The van der Waals surface area contributed by atoms with Crippen LogP contribution in [-0.2, 0) is 11.3 Å². The summed E-state index contributed by atoms with van der Waals surface area (Å²) in [7, 11) is 0. The van der Waals surface area contributed by atoms with Crippen molar-refractivity contribution in [2.45, 2.75) is 19.0 Å². The Labute approximate surface area is 159 Å². The van der Waals surface area contributed by atoms with E-state index in [0.717, 1.165) is 55.0 Å². The molecule has 7 heteroatoms. The highest BCUT2D eigenvalue weighted by Gasteiger charge is 2.15. The second-order valence-electron chi connectivity index (χ2n) is 5.83. The van der Waals surface area contributed by atoms with Crippen LogP contribution in [0.15, 0.2) is 48.9 Å². The van der Waals surface area contributed by atoms with Gasteiger partial charge in [0, 0.05) is 48.7 Å². The number of ether oxygens (including phenoxy) is 1. The Morgan fingerprint density at radius 1 is 1.12 bits per heavy atom. The van der Waals surface area contributed by atoms with Crippen LogP contribution in [0.2, 0.25) is 0 Å². The van der Waals surface area contributed by atoms with Gasteiger partial charge in [-0.3, -0.25) is 4.98 Å². The van der Waals surface area contributed by atoms with Crippen molar-refractivity contribution in [3.05, 3.63) is 48.9 Å². The highest BCUT2D eigenvalue weighted by atomic mass is 35.5. The van der Waals surface area contributed by atoms with Gasteiger partial charge >= 0.3 is 0 Å². The van der Waals surface area contributed by atoms with Gasteiger partial charge in [-0.05, 0) is 18.6 Å². The third-order valence-electron chi connectivity index (χ3n) is 4.32. The SMILES string of the molecule is Cl.Cl.c1cc(-c2nccn2CCC2COCCN2)c2cccnc2c1. The number of nitrogens with one attached hydrogen (secondary N) is 1. The fourth-order valence-corrected chi connectivity index (χ4v) is 3.13. The van der Waals surface area contributed by atoms with E-state index in [-0.39, 0.29) is 24.8 Å². The van der Waals surface area contributed by atoms with Crippen LogP contribution in [0.3, 0.4) is 0 Å². The maximum atomic E-state index is 5.53. The largest absolute Gasteiger partial charge is 0.379 e. The second-order valence-corrected chi connectivity index (χ2v) is 5.83. The Kier molecular flexibility index (Phi) is 7.20. The minimum absolute atomic E-state index is 0. The first-order chi connectivity index (χ1) is 11.4. The Bertz CT molecular complexity index is 797. The normalized spacial score (nSPS) is 16.9. The monoisotopic (exact) mass is 380 g/mol. The quantitative estimate of drug-likeness (QED) is 0.753. The van der Waals surface area contributed by atoms with Gasteiger partial charge in [-0.25, -0.2) is 4.98 Å². The molecule has 1 unspecified atom stereocenters. The van der Waals surface area contributed by atoms with Gasteiger partial charge in [-0.1, -0.05) is 18.2 Å². The molecule has 4 rings (SSSR count). The molecule has 0 amide bonds. The van der Waals surface area contributed by atoms with E-state index >= 15 is 0 Å². The molecule has 0 saturated carbocycles. The number of hydrogen-bond donors (Lipinski definition) is 1. The number of aromatic nitrogens is 3. The molecule has 0 spiro atoms. The first-order valence-corrected chi connectivity index (χ1v) is 8.08. The molecule has 3 aromatic rings. The highest BCUT2D eigenvalue weighted by Crippen LogP contribution is 2.26. The average Bonchev–Trinajstić information content (AvgIpc) is 3.09. The molecule has 1 N–H and O–H groups in total. The van der Waals surface area contributed by atoms with Crippen molar-refractivity contribution < 1.29 is 4.74 Å². The Hall–Kier alpha value is -1.66. The number of aryl methyl sites for hydroxylation is 1. The molecule has 1 aromatic carbocycles. The first kappa shape index (κ1) is 19.7. The third kappa shape index (κ3) is 4.30. The number of halogens is 2. The molecular formula is C18H22Cl2N4O. The number of fused-ring (bicyclic) bond motifs is 1. The van der Waals surface area contributed by atoms with Gasteiger partial charge in [0.05, 0.1) is 18.7 Å². The molecule has 0 radical (unpaired) electrons. The van der Waals surface area contributed by atoms with Gasteiger partial charge < -0.3 is 14.6 Å². The molecule has 3 heterocycles. The van der Waals surface area contributed by atoms with E-state index in [1.807, 2.05) is 36.8 Å². The van der Waals surface area contributed by atoms with E-state index in [4.69, 9.17) is 4.74 Å². The second kappa shape index (κ2) is 9.15. The summed E-state index contributed by atoms with van der Waals surface area (Å²) in [6.07, 6.45) is 6.78. The van der Waals surface area contributed by atoms with E-state index in [0.29, 0.717) is 6.04 Å². The molecule has 0 aliphatic carbocycles. The van der Waals surface area contributed by atoms with Crippen LogP contribution in [-0.4, -0.2) is 40.3 Å². The van der Waals surface area contributed by atoms with Gasteiger partial charge in [-0.2, -0.15) is 0 Å². The van der Waals surface area contributed by atoms with Crippen LogP contribution in [0.1, 0.15) is 6.42 Å². The van der Waals surface area contributed by atoms with Crippen molar-refractivity contribution in [1.29, 1.82) is 0 Å². The van der Waals surface area contributed by atoms with Crippen molar-refractivity contribution in [1.82, 2.24) is 19.9 Å². The Balaban J connectivity index is 0.00000113. The predicted octanol–water partition coefficient (Wildman–Crippen LogP) is 3.32. The zero-order valence-electron chi connectivity index (χ0n) is 13.8. The van der Waals surface area contributed by atoms with Crippen LogP contribution < -0.4 is 5.32 Å². The molecule has 1 fully saturated rings. The maximum absolute atomic E-state index is 5.53. The van der Waals surface area contributed by atoms with Crippen LogP contribution in [0.25, 0.3) is 22.3 Å². The summed E-state index contributed by atoms with van der Waals surface area (Å²) < 4.78 is 7.75. The summed E-state index contributed by atoms with van der Waals surface area (Å²) in [5.41, 5.74) is 2.13. The molecule has 134 valence electrons. The molecular weight excluding hydrogens is 359 g/mol. The lowest BCUT2D eigenvalue weighted by atomic mass is 10.1. The third-order valence-corrected chi connectivity index (χ3v) is 4.32. The van der Waals surface area contributed by atoms with Crippen molar-refractivity contribution in [3.8, 4) is 11.4 Å². The summed E-state index contributed by atoms with van der Waals surface area (Å²) in [6.45, 7) is 3.47. The van der Waals surface area contributed by atoms with Crippen LogP contribution in [0, 0.1) is 0 Å². The maximum Gasteiger partial charge on any atom is 0.140 e. The summed E-state index contributed by atoms with van der Waals surface area (Å²) in [6, 6.07) is 10.7. The minimum atomic E-state index is 0. The summed E-state index contributed by atoms with van der Waals surface area (Å²) in [4.78, 5) is 9.02. The zero-order chi connectivity index (χ0) is 15.5. The lowest BCUT2D eigenvalue weighted by Gasteiger charge is -2.24. The van der Waals surface area contributed by atoms with E-state index in [9.17, 15) is 0 Å². The van der Waals surface area contributed by atoms with Crippen molar-refractivity contribution >= 4 is 35.7 Å². The first-order valence-electron chi connectivity index (χ1n) is 8.08. The number of benzene rings is 1. The molecule has 0 bridgehead atoms. The lowest BCUT2D eigenvalue weighted by Crippen LogP contribution is -2.41. The number of nitrogens with zero attached hydrogens (tertiary/aromatic N) is 3. The zero-order valence-corrected chi connectivity index (χ0v) is 15.4. The number of morpholine rings is 1. The molecule has 25 heavy (non-hydrogen) atoms. The highest BCUT2D eigenvalue weighted by molar-refractivity contribution is 5.92. The Morgan fingerprint density at radius 3 is 2.88 bits per heavy atom. The van der Waals surface area contributed by atoms with Crippen LogP contribution in [0.5, 0.6) is 0 Å².